The largest absolute Gasteiger partial charge is 0.481 e. The first-order chi connectivity index (χ1) is 5.93. The minimum absolute atomic E-state index is 0. The Hall–Kier alpha value is -0.186. The molecule has 14 heavy (non-hydrogen) atoms. The number of carboxylic acids is 1. The molecular formula is C9H15O4Ti-. The molecule has 0 aromatic heterocycles. The van der Waals surface area contributed by atoms with Gasteiger partial charge in [0.1, 0.15) is 12.2 Å². The van der Waals surface area contributed by atoms with Gasteiger partial charge >= 0.3 is 5.97 Å². The van der Waals surface area contributed by atoms with Crippen molar-refractivity contribution in [3.05, 3.63) is 6.92 Å². The molecule has 80 valence electrons. The fraction of sp³-hybridized carbons (Fsp3) is 0.667. The number of Topliss-reactive ketones (excluding diaryl/α,β-unsaturated/α-hetero) is 1. The van der Waals surface area contributed by atoms with Crippen LogP contribution in [0, 0.1) is 12.8 Å². The summed E-state index contributed by atoms with van der Waals surface area (Å²) in [7, 11) is 0. The van der Waals surface area contributed by atoms with Crippen molar-refractivity contribution in [2.45, 2.75) is 26.4 Å². The van der Waals surface area contributed by atoms with E-state index in [0.717, 1.165) is 0 Å². The number of ketones is 1. The van der Waals surface area contributed by atoms with E-state index in [4.69, 9.17) is 9.84 Å². The van der Waals surface area contributed by atoms with Crippen molar-refractivity contribution in [2.75, 3.05) is 6.61 Å². The molecule has 0 bridgehead atoms. The summed E-state index contributed by atoms with van der Waals surface area (Å²) in [5.41, 5.74) is 0. The zero-order chi connectivity index (χ0) is 10.4. The van der Waals surface area contributed by atoms with Gasteiger partial charge < -0.3 is 16.8 Å². The third-order valence-electron chi connectivity index (χ3n) is 1.32. The molecule has 0 amide bonds. The molecule has 0 saturated heterocycles. The third kappa shape index (κ3) is 8.41. The number of aliphatic carboxylic acids is 1. The zero-order valence-electron chi connectivity index (χ0n) is 8.45. The zero-order valence-corrected chi connectivity index (χ0v) is 10.0. The van der Waals surface area contributed by atoms with Gasteiger partial charge in [0, 0.05) is 28.3 Å². The molecule has 1 unspecified atom stereocenters. The van der Waals surface area contributed by atoms with Gasteiger partial charge in [0.15, 0.2) is 0 Å². The molecule has 0 saturated carbocycles. The summed E-state index contributed by atoms with van der Waals surface area (Å²) in [6.07, 6.45) is -1.38. The summed E-state index contributed by atoms with van der Waals surface area (Å²) < 4.78 is 5.04. The number of carbonyl (C=O) groups is 2. The first-order valence-electron chi connectivity index (χ1n) is 4.12. The van der Waals surface area contributed by atoms with Crippen molar-refractivity contribution in [1.29, 1.82) is 0 Å². The van der Waals surface area contributed by atoms with Gasteiger partial charge in [-0.2, -0.15) is 0 Å². The summed E-state index contributed by atoms with van der Waals surface area (Å²) in [6, 6.07) is 0. The third-order valence-corrected chi connectivity index (χ3v) is 1.32. The second kappa shape index (κ2) is 8.15. The number of hydrogen-bond donors (Lipinski definition) is 1. The Kier molecular flexibility index (Phi) is 9.46. The molecule has 0 fully saturated rings. The van der Waals surface area contributed by atoms with Crippen LogP contribution in [0.2, 0.25) is 0 Å². The van der Waals surface area contributed by atoms with Crippen LogP contribution in [0.3, 0.4) is 0 Å². The van der Waals surface area contributed by atoms with E-state index in [1.165, 1.54) is 0 Å². The Balaban J connectivity index is 0. The summed E-state index contributed by atoms with van der Waals surface area (Å²) in [4.78, 5) is 21.1. The Morgan fingerprint density at radius 2 is 1.93 bits per heavy atom. The number of ether oxygens (including phenoxy) is 1. The minimum atomic E-state index is -1.15. The van der Waals surface area contributed by atoms with E-state index in [0.29, 0.717) is 12.5 Å². The van der Waals surface area contributed by atoms with Gasteiger partial charge in [0.05, 0.1) is 0 Å². The van der Waals surface area contributed by atoms with E-state index in [9.17, 15) is 9.59 Å². The molecule has 1 N–H and O–H groups in total. The van der Waals surface area contributed by atoms with Crippen LogP contribution in [-0.2, 0) is 36.0 Å². The topological polar surface area (TPSA) is 63.6 Å². The monoisotopic (exact) mass is 235 g/mol. The van der Waals surface area contributed by atoms with E-state index in [-0.39, 0.29) is 21.7 Å². The van der Waals surface area contributed by atoms with Crippen LogP contribution in [0.4, 0.5) is 0 Å². The van der Waals surface area contributed by atoms with E-state index >= 15 is 0 Å². The standard InChI is InChI=1S/C9H15O4.Ti/c1-6(2)5-13-7(3)8(10)4-9(11)12;/h6-7H,3-5H2,1-2H3,(H,11,12);/q-1;. The van der Waals surface area contributed by atoms with E-state index in [2.05, 4.69) is 6.92 Å². The molecule has 0 aromatic carbocycles. The van der Waals surface area contributed by atoms with Crippen LogP contribution in [-0.4, -0.2) is 29.6 Å². The predicted octanol–water partition coefficient (Wildman–Crippen LogP) is 0.903. The summed E-state index contributed by atoms with van der Waals surface area (Å²) in [5, 5.41) is 8.31. The van der Waals surface area contributed by atoms with Gasteiger partial charge in [0.25, 0.3) is 0 Å². The van der Waals surface area contributed by atoms with Crippen LogP contribution >= 0.6 is 0 Å². The maximum atomic E-state index is 11.0. The van der Waals surface area contributed by atoms with Gasteiger partial charge in [-0.3, -0.25) is 9.59 Å². The second-order valence-corrected chi connectivity index (χ2v) is 3.25. The van der Waals surface area contributed by atoms with Gasteiger partial charge in [-0.25, -0.2) is 0 Å². The Morgan fingerprint density at radius 3 is 2.29 bits per heavy atom. The smallest absolute Gasteiger partial charge is 0.310 e. The maximum absolute atomic E-state index is 11.0. The van der Waals surface area contributed by atoms with E-state index < -0.39 is 24.3 Å². The average Bonchev–Trinajstić information content (AvgIpc) is 1.98. The molecule has 0 radical (unpaired) electrons. The van der Waals surface area contributed by atoms with Crippen LogP contribution in [0.15, 0.2) is 0 Å². The minimum Gasteiger partial charge on any atom is -0.481 e. The molecule has 0 spiro atoms. The number of hydrogen-bond acceptors (Lipinski definition) is 3. The number of carboxylic acid groups (broad SMARTS) is 1. The van der Waals surface area contributed by atoms with Crippen molar-refractivity contribution < 1.29 is 41.2 Å². The van der Waals surface area contributed by atoms with Gasteiger partial charge in [-0.1, -0.05) is 13.8 Å². The molecule has 1 atom stereocenters. The number of rotatable bonds is 6. The molecule has 5 heteroatoms. The SMILES string of the molecule is [CH2-]C(OCC(C)C)C(=O)CC(=O)O.[Ti]. The molecule has 0 rings (SSSR count). The van der Waals surface area contributed by atoms with Crippen LogP contribution in [0.1, 0.15) is 20.3 Å². The Morgan fingerprint density at radius 1 is 1.43 bits per heavy atom. The fourth-order valence-electron chi connectivity index (χ4n) is 0.664. The van der Waals surface area contributed by atoms with E-state index in [1.807, 2.05) is 13.8 Å². The van der Waals surface area contributed by atoms with E-state index in [1.54, 1.807) is 0 Å². The molecule has 0 heterocycles. The van der Waals surface area contributed by atoms with Crippen LogP contribution < -0.4 is 0 Å². The first-order valence-corrected chi connectivity index (χ1v) is 4.12. The fourth-order valence-corrected chi connectivity index (χ4v) is 0.664. The normalized spacial score (nSPS) is 12.0. The summed E-state index contributed by atoms with van der Waals surface area (Å²) in [6.45, 7) is 7.72. The molecule has 0 aliphatic rings. The summed E-state index contributed by atoms with van der Waals surface area (Å²) in [5.74, 6) is -1.33. The van der Waals surface area contributed by atoms with Crippen molar-refractivity contribution in [3.63, 3.8) is 0 Å². The molecule has 0 aromatic rings. The van der Waals surface area contributed by atoms with Gasteiger partial charge in [-0.05, 0) is 12.0 Å². The van der Waals surface area contributed by atoms with Gasteiger partial charge in [-0.15, -0.1) is 0 Å². The van der Waals surface area contributed by atoms with Crippen molar-refractivity contribution in [3.8, 4) is 0 Å². The molecule has 4 nitrogen and oxygen atoms in total. The Labute approximate surface area is 98.9 Å². The van der Waals surface area contributed by atoms with Crippen LogP contribution in [0.25, 0.3) is 0 Å². The van der Waals surface area contributed by atoms with Crippen molar-refractivity contribution >= 4 is 11.8 Å². The average molecular weight is 235 g/mol. The van der Waals surface area contributed by atoms with Crippen molar-refractivity contribution in [2.24, 2.45) is 5.92 Å². The maximum Gasteiger partial charge on any atom is 0.310 e. The molecule has 0 aliphatic carbocycles. The predicted molar refractivity (Wildman–Crippen MR) is 47.2 cm³/mol. The van der Waals surface area contributed by atoms with Crippen LogP contribution in [0.5, 0.6) is 0 Å². The second-order valence-electron chi connectivity index (χ2n) is 3.25. The van der Waals surface area contributed by atoms with Crippen molar-refractivity contribution in [1.82, 2.24) is 0 Å². The number of carbonyl (C=O) groups excluding carboxylic acids is 1. The quantitative estimate of drug-likeness (QED) is 0.422. The first kappa shape index (κ1) is 16.3. The molecule has 0 aliphatic heterocycles. The summed E-state index contributed by atoms with van der Waals surface area (Å²) >= 11 is 0. The Bertz CT molecular complexity index is 191. The van der Waals surface area contributed by atoms with Gasteiger partial charge in [0.2, 0.25) is 0 Å². The molecular weight excluding hydrogens is 220 g/mol.